The lowest BCUT2D eigenvalue weighted by atomic mass is 10.1. The van der Waals surface area contributed by atoms with E-state index in [2.05, 4.69) is 15.9 Å². The third kappa shape index (κ3) is 4.92. The minimum absolute atomic E-state index is 0.00332. The Morgan fingerprint density at radius 3 is 2.50 bits per heavy atom. The van der Waals surface area contributed by atoms with Crippen LogP contribution in [0.2, 0.25) is 0 Å². The van der Waals surface area contributed by atoms with Crippen molar-refractivity contribution in [1.82, 2.24) is 4.90 Å². The zero-order chi connectivity index (χ0) is 15.3. The summed E-state index contributed by atoms with van der Waals surface area (Å²) in [4.78, 5) is 24.4. The Morgan fingerprint density at radius 1 is 1.35 bits per heavy atom. The van der Waals surface area contributed by atoms with Crippen molar-refractivity contribution in [3.05, 3.63) is 34.1 Å². The van der Waals surface area contributed by atoms with Gasteiger partial charge in [0.1, 0.15) is 5.82 Å². The normalized spacial score (nSPS) is 10.7. The molecule has 0 aliphatic rings. The predicted molar refractivity (Wildman–Crippen MR) is 77.1 cm³/mol. The minimum atomic E-state index is -0.894. The second-order valence-electron chi connectivity index (χ2n) is 4.75. The predicted octanol–water partition coefficient (Wildman–Crippen LogP) is 3.30. The fraction of sp³-hybridized carbons (Fsp3) is 0.429. The number of benzene rings is 1. The van der Waals surface area contributed by atoms with E-state index in [-0.39, 0.29) is 23.9 Å². The van der Waals surface area contributed by atoms with Crippen LogP contribution in [0.3, 0.4) is 0 Å². The van der Waals surface area contributed by atoms with Crippen LogP contribution in [0.15, 0.2) is 22.7 Å². The van der Waals surface area contributed by atoms with Gasteiger partial charge in [-0.1, -0.05) is 15.9 Å². The summed E-state index contributed by atoms with van der Waals surface area (Å²) < 4.78 is 13.8. The topological polar surface area (TPSA) is 57.6 Å². The molecule has 0 bridgehead atoms. The molecule has 0 radical (unpaired) electrons. The molecule has 110 valence electrons. The van der Waals surface area contributed by atoms with Crippen molar-refractivity contribution in [3.63, 3.8) is 0 Å². The summed E-state index contributed by atoms with van der Waals surface area (Å²) in [5.41, 5.74) is 0.251. The number of carbonyl (C=O) groups is 2. The van der Waals surface area contributed by atoms with Crippen LogP contribution in [0.1, 0.15) is 37.0 Å². The first kappa shape index (κ1) is 16.6. The summed E-state index contributed by atoms with van der Waals surface area (Å²) in [6.45, 7) is 4.01. The van der Waals surface area contributed by atoms with Crippen molar-refractivity contribution < 1.29 is 19.1 Å². The number of carbonyl (C=O) groups excluding carboxylic acids is 1. The lowest BCUT2D eigenvalue weighted by Crippen LogP contribution is -2.38. The van der Waals surface area contributed by atoms with Crippen LogP contribution in [0, 0.1) is 5.82 Å². The Kier molecular flexibility index (Phi) is 6.13. The molecule has 1 rings (SSSR count). The highest BCUT2D eigenvalue weighted by Crippen LogP contribution is 2.17. The van der Waals surface area contributed by atoms with Crippen LogP contribution in [-0.2, 0) is 4.79 Å². The van der Waals surface area contributed by atoms with Crippen molar-refractivity contribution in [1.29, 1.82) is 0 Å². The molecule has 0 atom stereocenters. The number of hydrogen-bond donors (Lipinski definition) is 1. The van der Waals surface area contributed by atoms with E-state index in [9.17, 15) is 14.0 Å². The first-order valence-corrected chi connectivity index (χ1v) is 7.09. The molecule has 1 aromatic carbocycles. The van der Waals surface area contributed by atoms with E-state index in [0.717, 1.165) is 0 Å². The quantitative estimate of drug-likeness (QED) is 0.860. The monoisotopic (exact) mass is 345 g/mol. The second-order valence-corrected chi connectivity index (χ2v) is 5.66. The Bertz CT molecular complexity index is 485. The third-order valence-corrected chi connectivity index (χ3v) is 3.24. The molecule has 6 heteroatoms. The molecule has 20 heavy (non-hydrogen) atoms. The molecule has 0 saturated heterocycles. The average Bonchev–Trinajstić information content (AvgIpc) is 2.31. The van der Waals surface area contributed by atoms with Gasteiger partial charge in [0, 0.05) is 29.0 Å². The standard InChI is InChI=1S/C14H17BrFNO3/c1-9(2)17(5-3-4-13(18)19)14(20)10-6-11(15)8-12(16)7-10/h6-9H,3-5H2,1-2H3,(H,18,19). The minimum Gasteiger partial charge on any atom is -0.481 e. The number of halogens is 2. The smallest absolute Gasteiger partial charge is 0.303 e. The molecular formula is C14H17BrFNO3. The van der Waals surface area contributed by atoms with Crippen LogP contribution in [-0.4, -0.2) is 34.5 Å². The first-order valence-electron chi connectivity index (χ1n) is 6.30. The summed E-state index contributed by atoms with van der Waals surface area (Å²) in [6, 6.07) is 3.93. The van der Waals surface area contributed by atoms with Crippen LogP contribution in [0.25, 0.3) is 0 Å². The van der Waals surface area contributed by atoms with Gasteiger partial charge in [-0.25, -0.2) is 4.39 Å². The SMILES string of the molecule is CC(C)N(CCCC(=O)O)C(=O)c1cc(F)cc(Br)c1. The molecule has 0 aliphatic carbocycles. The lowest BCUT2D eigenvalue weighted by molar-refractivity contribution is -0.137. The number of carboxylic acids is 1. The largest absolute Gasteiger partial charge is 0.481 e. The van der Waals surface area contributed by atoms with Gasteiger partial charge < -0.3 is 10.0 Å². The highest BCUT2D eigenvalue weighted by molar-refractivity contribution is 9.10. The van der Waals surface area contributed by atoms with Gasteiger partial charge in [0.2, 0.25) is 0 Å². The van der Waals surface area contributed by atoms with E-state index in [0.29, 0.717) is 17.4 Å². The maximum Gasteiger partial charge on any atom is 0.303 e. The maximum atomic E-state index is 13.3. The van der Waals surface area contributed by atoms with Crippen molar-refractivity contribution in [2.45, 2.75) is 32.7 Å². The fourth-order valence-corrected chi connectivity index (χ4v) is 2.30. The lowest BCUT2D eigenvalue weighted by Gasteiger charge is -2.26. The summed E-state index contributed by atoms with van der Waals surface area (Å²) in [6.07, 6.45) is 0.374. The number of carboxylic acid groups (broad SMARTS) is 1. The molecule has 0 heterocycles. The van der Waals surface area contributed by atoms with Crippen molar-refractivity contribution in [2.24, 2.45) is 0 Å². The number of amides is 1. The summed E-state index contributed by atoms with van der Waals surface area (Å²) in [5.74, 6) is -1.68. The zero-order valence-electron chi connectivity index (χ0n) is 11.4. The molecule has 0 aromatic heterocycles. The van der Waals surface area contributed by atoms with Gasteiger partial charge in [0.25, 0.3) is 5.91 Å². The molecule has 1 amide bonds. The van der Waals surface area contributed by atoms with Crippen LogP contribution < -0.4 is 0 Å². The molecular weight excluding hydrogens is 329 g/mol. The maximum absolute atomic E-state index is 13.3. The van der Waals surface area contributed by atoms with Crippen molar-refractivity contribution >= 4 is 27.8 Å². The van der Waals surface area contributed by atoms with Gasteiger partial charge in [-0.05, 0) is 38.5 Å². The van der Waals surface area contributed by atoms with Gasteiger partial charge >= 0.3 is 5.97 Å². The molecule has 0 aliphatic heterocycles. The highest BCUT2D eigenvalue weighted by atomic mass is 79.9. The van der Waals surface area contributed by atoms with E-state index in [1.165, 1.54) is 12.1 Å². The Hall–Kier alpha value is -1.43. The second kappa shape index (κ2) is 7.38. The van der Waals surface area contributed by atoms with Crippen LogP contribution in [0.4, 0.5) is 4.39 Å². The number of aliphatic carboxylic acids is 1. The Balaban J connectivity index is 2.85. The van der Waals surface area contributed by atoms with E-state index in [4.69, 9.17) is 5.11 Å². The van der Waals surface area contributed by atoms with Crippen molar-refractivity contribution in [3.8, 4) is 0 Å². The summed E-state index contributed by atoms with van der Waals surface area (Å²) >= 11 is 3.15. The van der Waals surface area contributed by atoms with E-state index in [1.54, 1.807) is 11.0 Å². The molecule has 0 spiro atoms. The first-order chi connectivity index (χ1) is 9.31. The van der Waals surface area contributed by atoms with E-state index < -0.39 is 11.8 Å². The summed E-state index contributed by atoms with van der Waals surface area (Å²) in [5, 5.41) is 8.63. The van der Waals surface area contributed by atoms with Gasteiger partial charge in [-0.2, -0.15) is 0 Å². The molecule has 0 unspecified atom stereocenters. The fourth-order valence-electron chi connectivity index (χ4n) is 1.84. The third-order valence-electron chi connectivity index (χ3n) is 2.78. The van der Waals surface area contributed by atoms with Gasteiger partial charge in [-0.15, -0.1) is 0 Å². The zero-order valence-corrected chi connectivity index (χ0v) is 13.0. The van der Waals surface area contributed by atoms with E-state index >= 15 is 0 Å². The average molecular weight is 346 g/mol. The van der Waals surface area contributed by atoms with Crippen LogP contribution >= 0.6 is 15.9 Å². The van der Waals surface area contributed by atoms with Crippen molar-refractivity contribution in [2.75, 3.05) is 6.54 Å². The molecule has 0 saturated carbocycles. The van der Waals surface area contributed by atoms with Gasteiger partial charge in [0.15, 0.2) is 0 Å². The molecule has 4 nitrogen and oxygen atoms in total. The number of nitrogens with zero attached hydrogens (tertiary/aromatic N) is 1. The number of rotatable bonds is 6. The van der Waals surface area contributed by atoms with Gasteiger partial charge in [0.05, 0.1) is 0 Å². The Labute approximate surface area is 125 Å². The molecule has 1 N–H and O–H groups in total. The van der Waals surface area contributed by atoms with E-state index in [1.807, 2.05) is 13.8 Å². The number of hydrogen-bond acceptors (Lipinski definition) is 2. The highest BCUT2D eigenvalue weighted by Gasteiger charge is 2.19. The molecule has 1 aromatic rings. The van der Waals surface area contributed by atoms with Gasteiger partial charge in [-0.3, -0.25) is 9.59 Å². The van der Waals surface area contributed by atoms with Crippen LogP contribution in [0.5, 0.6) is 0 Å². The molecule has 0 fully saturated rings. The Morgan fingerprint density at radius 2 is 2.00 bits per heavy atom. The summed E-state index contributed by atoms with van der Waals surface area (Å²) in [7, 11) is 0.